The van der Waals surface area contributed by atoms with Gasteiger partial charge in [-0.25, -0.2) is 4.79 Å². The average Bonchev–Trinajstić information content (AvgIpc) is 2.34. The summed E-state index contributed by atoms with van der Waals surface area (Å²) in [5.74, 6) is 0. The highest BCUT2D eigenvalue weighted by Crippen LogP contribution is 2.15. The molecule has 0 aliphatic rings. The first kappa shape index (κ1) is 17.3. The Hall–Kier alpha value is -0.730. The molecule has 0 aliphatic carbocycles. The van der Waals surface area contributed by atoms with Gasteiger partial charge in [0, 0.05) is 0 Å². The summed E-state index contributed by atoms with van der Waals surface area (Å²) >= 11 is 0. The van der Waals surface area contributed by atoms with Crippen molar-refractivity contribution in [1.29, 1.82) is 0 Å². The van der Waals surface area contributed by atoms with Crippen LogP contribution in [0.1, 0.15) is 84.5 Å². The minimum Gasteiger partial charge on any atom is -0.450 e. The van der Waals surface area contributed by atoms with Gasteiger partial charge >= 0.3 is 6.16 Å². The van der Waals surface area contributed by atoms with Crippen molar-refractivity contribution in [3.63, 3.8) is 0 Å². The van der Waals surface area contributed by atoms with Gasteiger partial charge in [-0.2, -0.15) is 0 Å². The molecule has 1 unspecified atom stereocenters. The summed E-state index contributed by atoms with van der Waals surface area (Å²) in [6.07, 6.45) is 11.5. The van der Waals surface area contributed by atoms with E-state index in [2.05, 4.69) is 13.8 Å². The van der Waals surface area contributed by atoms with Gasteiger partial charge in [-0.15, -0.1) is 0 Å². The lowest BCUT2D eigenvalue weighted by atomic mass is 10.0. The molecule has 18 heavy (non-hydrogen) atoms. The molecule has 0 radical (unpaired) electrons. The van der Waals surface area contributed by atoms with Gasteiger partial charge in [-0.05, 0) is 19.3 Å². The first-order valence-electron chi connectivity index (χ1n) is 7.60. The number of carbonyl (C=O) groups is 1. The van der Waals surface area contributed by atoms with Crippen molar-refractivity contribution in [3.8, 4) is 0 Å². The van der Waals surface area contributed by atoms with Crippen LogP contribution in [0.15, 0.2) is 0 Å². The Bertz CT molecular complexity index is 192. The molecule has 1 atom stereocenters. The van der Waals surface area contributed by atoms with Crippen LogP contribution in [0.4, 0.5) is 4.79 Å². The molecule has 1 N–H and O–H groups in total. The quantitative estimate of drug-likeness (QED) is 0.377. The van der Waals surface area contributed by atoms with E-state index in [9.17, 15) is 4.79 Å². The molecule has 0 heterocycles. The van der Waals surface area contributed by atoms with Crippen LogP contribution >= 0.6 is 0 Å². The molecule has 0 aromatic carbocycles. The van der Waals surface area contributed by atoms with Crippen LogP contribution < -0.4 is 0 Å². The largest absolute Gasteiger partial charge is 0.506 e. The summed E-state index contributed by atoms with van der Waals surface area (Å²) in [6.45, 7) is 4.34. The Balaban J connectivity index is 3.52. The maximum absolute atomic E-state index is 10.6. The average molecular weight is 258 g/mol. The second kappa shape index (κ2) is 12.7. The van der Waals surface area contributed by atoms with Crippen LogP contribution in [0, 0.1) is 0 Å². The van der Waals surface area contributed by atoms with Gasteiger partial charge in [0.15, 0.2) is 0 Å². The van der Waals surface area contributed by atoms with E-state index in [-0.39, 0.29) is 6.10 Å². The first-order valence-corrected chi connectivity index (χ1v) is 7.60. The van der Waals surface area contributed by atoms with Crippen molar-refractivity contribution < 1.29 is 14.6 Å². The lowest BCUT2D eigenvalue weighted by molar-refractivity contribution is 0.0425. The minimum atomic E-state index is -1.13. The van der Waals surface area contributed by atoms with E-state index in [0.29, 0.717) is 0 Å². The predicted octanol–water partition coefficient (Wildman–Crippen LogP) is 5.38. The zero-order valence-electron chi connectivity index (χ0n) is 12.1. The van der Waals surface area contributed by atoms with E-state index in [0.717, 1.165) is 32.1 Å². The van der Waals surface area contributed by atoms with E-state index >= 15 is 0 Å². The zero-order chi connectivity index (χ0) is 13.6. The predicted molar refractivity (Wildman–Crippen MR) is 75.0 cm³/mol. The topological polar surface area (TPSA) is 46.5 Å². The molecule has 0 bridgehead atoms. The summed E-state index contributed by atoms with van der Waals surface area (Å²) in [5, 5.41) is 8.66. The third kappa shape index (κ3) is 11.7. The molecule has 0 saturated carbocycles. The molecule has 0 aromatic heterocycles. The van der Waals surface area contributed by atoms with Gasteiger partial charge in [0.25, 0.3) is 0 Å². The van der Waals surface area contributed by atoms with Crippen molar-refractivity contribution in [3.05, 3.63) is 0 Å². The second-order valence-corrected chi connectivity index (χ2v) is 5.06. The van der Waals surface area contributed by atoms with Gasteiger partial charge in [-0.1, -0.05) is 65.2 Å². The number of carboxylic acid groups (broad SMARTS) is 1. The summed E-state index contributed by atoms with van der Waals surface area (Å²) in [7, 11) is 0. The van der Waals surface area contributed by atoms with Crippen LogP contribution in [-0.4, -0.2) is 17.4 Å². The van der Waals surface area contributed by atoms with Crippen molar-refractivity contribution in [2.45, 2.75) is 90.6 Å². The zero-order valence-corrected chi connectivity index (χ0v) is 12.1. The van der Waals surface area contributed by atoms with Gasteiger partial charge in [-0.3, -0.25) is 0 Å². The summed E-state index contributed by atoms with van der Waals surface area (Å²) in [6, 6.07) is 0. The number of ether oxygens (including phenoxy) is 1. The standard InChI is InChI=1S/C15H30O3/c1-3-5-7-8-9-10-11-13-14(12-6-4-2)18-15(16)17/h14H,3-13H2,1-2H3,(H,16,17). The van der Waals surface area contributed by atoms with E-state index in [1.54, 1.807) is 0 Å². The van der Waals surface area contributed by atoms with E-state index in [1.165, 1.54) is 38.5 Å². The highest BCUT2D eigenvalue weighted by Gasteiger charge is 2.12. The molecule has 0 spiro atoms. The van der Waals surface area contributed by atoms with Crippen molar-refractivity contribution in [1.82, 2.24) is 0 Å². The van der Waals surface area contributed by atoms with Crippen LogP contribution in [0.25, 0.3) is 0 Å². The van der Waals surface area contributed by atoms with Crippen molar-refractivity contribution >= 4 is 6.16 Å². The van der Waals surface area contributed by atoms with Crippen LogP contribution in [0.2, 0.25) is 0 Å². The van der Waals surface area contributed by atoms with Crippen LogP contribution in [0.3, 0.4) is 0 Å². The number of hydrogen-bond acceptors (Lipinski definition) is 2. The SMILES string of the molecule is CCCCCCCCCC(CCCC)OC(=O)O. The minimum absolute atomic E-state index is 0.0851. The molecular formula is C15H30O3. The summed E-state index contributed by atoms with van der Waals surface area (Å²) in [4.78, 5) is 10.6. The Morgan fingerprint density at radius 1 is 0.889 bits per heavy atom. The normalized spacial score (nSPS) is 12.3. The second-order valence-electron chi connectivity index (χ2n) is 5.06. The fourth-order valence-corrected chi connectivity index (χ4v) is 2.17. The smallest absolute Gasteiger partial charge is 0.450 e. The van der Waals surface area contributed by atoms with Gasteiger partial charge in [0.2, 0.25) is 0 Å². The summed E-state index contributed by atoms with van der Waals surface area (Å²) < 4.78 is 4.91. The third-order valence-electron chi connectivity index (χ3n) is 3.28. The fraction of sp³-hybridized carbons (Fsp3) is 0.933. The Morgan fingerprint density at radius 2 is 1.39 bits per heavy atom. The van der Waals surface area contributed by atoms with E-state index < -0.39 is 6.16 Å². The molecule has 3 heteroatoms. The third-order valence-corrected chi connectivity index (χ3v) is 3.28. The number of hydrogen-bond donors (Lipinski definition) is 1. The highest BCUT2D eigenvalue weighted by molar-refractivity contribution is 5.57. The molecule has 0 saturated heterocycles. The molecule has 3 nitrogen and oxygen atoms in total. The monoisotopic (exact) mass is 258 g/mol. The van der Waals surface area contributed by atoms with E-state index in [1.807, 2.05) is 0 Å². The molecule has 0 amide bonds. The fourth-order valence-electron chi connectivity index (χ4n) is 2.17. The number of rotatable bonds is 12. The molecular weight excluding hydrogens is 228 g/mol. The molecule has 108 valence electrons. The van der Waals surface area contributed by atoms with Gasteiger partial charge in [0.1, 0.15) is 6.10 Å². The Morgan fingerprint density at radius 3 is 1.94 bits per heavy atom. The van der Waals surface area contributed by atoms with Crippen molar-refractivity contribution in [2.24, 2.45) is 0 Å². The highest BCUT2D eigenvalue weighted by atomic mass is 16.7. The first-order chi connectivity index (χ1) is 8.70. The lowest BCUT2D eigenvalue weighted by Crippen LogP contribution is -2.16. The van der Waals surface area contributed by atoms with Crippen molar-refractivity contribution in [2.75, 3.05) is 0 Å². The van der Waals surface area contributed by atoms with E-state index in [4.69, 9.17) is 9.84 Å². The summed E-state index contributed by atoms with van der Waals surface area (Å²) in [5.41, 5.74) is 0. The number of unbranched alkanes of at least 4 members (excludes halogenated alkanes) is 7. The molecule has 0 rings (SSSR count). The molecule has 0 aromatic rings. The molecule has 0 aliphatic heterocycles. The maximum Gasteiger partial charge on any atom is 0.506 e. The van der Waals surface area contributed by atoms with Crippen LogP contribution in [0.5, 0.6) is 0 Å². The van der Waals surface area contributed by atoms with Gasteiger partial charge < -0.3 is 9.84 Å². The van der Waals surface area contributed by atoms with Crippen LogP contribution in [-0.2, 0) is 4.74 Å². The maximum atomic E-state index is 10.6. The van der Waals surface area contributed by atoms with Gasteiger partial charge in [0.05, 0.1) is 0 Å². The molecule has 0 fully saturated rings. The lowest BCUT2D eigenvalue weighted by Gasteiger charge is -2.15. The Kier molecular flexibility index (Phi) is 12.2. The Labute approximate surface area is 112 Å².